The first-order chi connectivity index (χ1) is 14.6. The molecule has 3 heterocycles. The molecular formula is C24H27N5O. The lowest BCUT2D eigenvalue weighted by atomic mass is 9.89. The predicted molar refractivity (Wildman–Crippen MR) is 118 cm³/mol. The van der Waals surface area contributed by atoms with Gasteiger partial charge in [0.05, 0.1) is 36.2 Å². The van der Waals surface area contributed by atoms with Crippen molar-refractivity contribution in [2.45, 2.75) is 39.5 Å². The van der Waals surface area contributed by atoms with E-state index in [4.69, 9.17) is 4.74 Å². The normalized spacial score (nSPS) is 15.2. The molecule has 4 rings (SSSR count). The minimum Gasteiger partial charge on any atom is -0.378 e. The van der Waals surface area contributed by atoms with Crippen LogP contribution in [-0.4, -0.2) is 41.5 Å². The smallest absolute Gasteiger partial charge is 0.129 e. The fourth-order valence-electron chi connectivity index (χ4n) is 4.18. The van der Waals surface area contributed by atoms with Crippen LogP contribution in [0.15, 0.2) is 30.5 Å². The van der Waals surface area contributed by atoms with Gasteiger partial charge in [-0.1, -0.05) is 19.1 Å². The second-order valence-corrected chi connectivity index (χ2v) is 7.99. The van der Waals surface area contributed by atoms with Crippen molar-refractivity contribution in [3.05, 3.63) is 58.5 Å². The molecule has 0 amide bonds. The molecule has 30 heavy (non-hydrogen) atoms. The van der Waals surface area contributed by atoms with E-state index in [0.717, 1.165) is 78.2 Å². The van der Waals surface area contributed by atoms with Gasteiger partial charge in [0.1, 0.15) is 5.82 Å². The number of nitrogens with zero attached hydrogens (tertiary/aromatic N) is 5. The number of hydrogen-bond acceptors (Lipinski definition) is 6. The van der Waals surface area contributed by atoms with Crippen molar-refractivity contribution in [1.29, 1.82) is 5.26 Å². The van der Waals surface area contributed by atoms with Crippen LogP contribution in [0.2, 0.25) is 0 Å². The summed E-state index contributed by atoms with van der Waals surface area (Å²) >= 11 is 0. The zero-order valence-electron chi connectivity index (χ0n) is 17.9. The molecular weight excluding hydrogens is 374 g/mol. The Kier molecular flexibility index (Phi) is 5.91. The van der Waals surface area contributed by atoms with Gasteiger partial charge < -0.3 is 9.64 Å². The fraction of sp³-hybridized carbons (Fsp3) is 0.417. The van der Waals surface area contributed by atoms with E-state index in [1.807, 2.05) is 32.2 Å². The van der Waals surface area contributed by atoms with Gasteiger partial charge in [-0.2, -0.15) is 15.5 Å². The van der Waals surface area contributed by atoms with Gasteiger partial charge in [0.25, 0.3) is 0 Å². The molecule has 2 aromatic heterocycles. The van der Waals surface area contributed by atoms with Gasteiger partial charge in [-0.25, -0.2) is 4.98 Å². The number of ether oxygens (including phenoxy) is 1. The average molecular weight is 402 g/mol. The summed E-state index contributed by atoms with van der Waals surface area (Å²) in [5.41, 5.74) is 4.97. The van der Waals surface area contributed by atoms with Crippen LogP contribution in [0, 0.1) is 25.2 Å². The second kappa shape index (κ2) is 8.76. The summed E-state index contributed by atoms with van der Waals surface area (Å²) < 4.78 is 5.47. The lowest BCUT2D eigenvalue weighted by molar-refractivity contribution is 0.122. The standard InChI is InChI=1S/C24H27N5O/c1-16(20-6-4-5-19(14-25)17(20)2)7-8-23-21-13-24(29-9-11-30-12-10-29)26-15-22(21)18(3)27-28-23/h4-6,13,15-16H,7-12H2,1-3H3/t16-/m1/s1. The van der Waals surface area contributed by atoms with E-state index in [2.05, 4.69) is 45.2 Å². The van der Waals surface area contributed by atoms with E-state index in [9.17, 15) is 5.26 Å². The molecule has 1 fully saturated rings. The molecule has 0 bridgehead atoms. The number of anilines is 1. The summed E-state index contributed by atoms with van der Waals surface area (Å²) in [6.45, 7) is 9.42. The molecule has 1 atom stereocenters. The van der Waals surface area contributed by atoms with Crippen LogP contribution in [0.4, 0.5) is 5.82 Å². The third-order valence-electron chi connectivity index (χ3n) is 6.09. The monoisotopic (exact) mass is 401 g/mol. The average Bonchev–Trinajstić information content (AvgIpc) is 2.79. The van der Waals surface area contributed by atoms with Crippen LogP contribution in [0.25, 0.3) is 10.8 Å². The number of fused-ring (bicyclic) bond motifs is 1. The third-order valence-corrected chi connectivity index (χ3v) is 6.09. The number of aryl methyl sites for hydroxylation is 2. The molecule has 0 spiro atoms. The molecule has 0 unspecified atom stereocenters. The van der Waals surface area contributed by atoms with Gasteiger partial charge in [-0.05, 0) is 55.9 Å². The largest absolute Gasteiger partial charge is 0.378 e. The summed E-state index contributed by atoms with van der Waals surface area (Å²) in [5, 5.41) is 20.4. The van der Waals surface area contributed by atoms with E-state index >= 15 is 0 Å². The van der Waals surface area contributed by atoms with Gasteiger partial charge in [0, 0.05) is 30.1 Å². The highest BCUT2D eigenvalue weighted by atomic mass is 16.5. The van der Waals surface area contributed by atoms with Crippen LogP contribution in [0.3, 0.4) is 0 Å². The van der Waals surface area contributed by atoms with E-state index in [1.165, 1.54) is 5.56 Å². The minimum atomic E-state index is 0.331. The van der Waals surface area contributed by atoms with Crippen molar-refractivity contribution in [1.82, 2.24) is 15.2 Å². The maximum Gasteiger partial charge on any atom is 0.129 e. The number of rotatable bonds is 5. The van der Waals surface area contributed by atoms with Crippen molar-refractivity contribution in [2.75, 3.05) is 31.2 Å². The van der Waals surface area contributed by atoms with Crippen molar-refractivity contribution < 1.29 is 4.74 Å². The van der Waals surface area contributed by atoms with Crippen molar-refractivity contribution in [2.24, 2.45) is 0 Å². The lowest BCUT2D eigenvalue weighted by Gasteiger charge is -2.28. The Morgan fingerprint density at radius 2 is 1.97 bits per heavy atom. The molecule has 1 saturated heterocycles. The van der Waals surface area contributed by atoms with Gasteiger partial charge >= 0.3 is 0 Å². The number of morpholine rings is 1. The zero-order chi connectivity index (χ0) is 21.1. The van der Waals surface area contributed by atoms with Crippen LogP contribution in [-0.2, 0) is 11.2 Å². The van der Waals surface area contributed by atoms with Crippen molar-refractivity contribution in [3.8, 4) is 6.07 Å². The number of pyridine rings is 1. The Labute approximate surface area is 177 Å². The van der Waals surface area contributed by atoms with E-state index < -0.39 is 0 Å². The molecule has 6 nitrogen and oxygen atoms in total. The first kappa shape index (κ1) is 20.2. The van der Waals surface area contributed by atoms with Crippen LogP contribution in [0.5, 0.6) is 0 Å². The quantitative estimate of drug-likeness (QED) is 0.641. The molecule has 1 aliphatic rings. The fourth-order valence-corrected chi connectivity index (χ4v) is 4.18. The highest BCUT2D eigenvalue weighted by Crippen LogP contribution is 2.29. The number of aromatic nitrogens is 3. The molecule has 154 valence electrons. The van der Waals surface area contributed by atoms with Gasteiger partial charge in [-0.3, -0.25) is 0 Å². The second-order valence-electron chi connectivity index (χ2n) is 7.99. The van der Waals surface area contributed by atoms with Gasteiger partial charge in [-0.15, -0.1) is 0 Å². The molecule has 0 aliphatic carbocycles. The minimum absolute atomic E-state index is 0.331. The summed E-state index contributed by atoms with van der Waals surface area (Å²) in [6.07, 6.45) is 3.70. The summed E-state index contributed by atoms with van der Waals surface area (Å²) in [6, 6.07) is 10.4. The predicted octanol–water partition coefficient (Wildman–Crippen LogP) is 4.09. The highest BCUT2D eigenvalue weighted by Gasteiger charge is 2.17. The number of hydrogen-bond donors (Lipinski definition) is 0. The number of benzene rings is 1. The highest BCUT2D eigenvalue weighted by molar-refractivity contribution is 5.87. The molecule has 0 saturated carbocycles. The molecule has 1 aromatic carbocycles. The van der Waals surface area contributed by atoms with Crippen molar-refractivity contribution >= 4 is 16.6 Å². The molecule has 0 radical (unpaired) electrons. The first-order valence-electron chi connectivity index (χ1n) is 10.5. The van der Waals surface area contributed by atoms with E-state index in [0.29, 0.717) is 5.92 Å². The van der Waals surface area contributed by atoms with Gasteiger partial charge in [0.15, 0.2) is 0 Å². The molecule has 3 aromatic rings. The van der Waals surface area contributed by atoms with Crippen LogP contribution >= 0.6 is 0 Å². The van der Waals surface area contributed by atoms with Crippen LogP contribution in [0.1, 0.15) is 47.3 Å². The maximum atomic E-state index is 9.32. The Bertz CT molecular complexity index is 1100. The number of nitriles is 1. The van der Waals surface area contributed by atoms with E-state index in [1.54, 1.807) is 0 Å². The molecule has 0 N–H and O–H groups in total. The van der Waals surface area contributed by atoms with Gasteiger partial charge in [0.2, 0.25) is 0 Å². The SMILES string of the molecule is Cc1c(C#N)cccc1[C@H](C)CCc1nnc(C)c2cnc(N3CCOCC3)cc12. The first-order valence-corrected chi connectivity index (χ1v) is 10.5. The Morgan fingerprint density at radius 3 is 2.73 bits per heavy atom. The maximum absolute atomic E-state index is 9.32. The Hall–Kier alpha value is -3.04. The Morgan fingerprint density at radius 1 is 1.17 bits per heavy atom. The topological polar surface area (TPSA) is 74.9 Å². The van der Waals surface area contributed by atoms with Crippen molar-refractivity contribution in [3.63, 3.8) is 0 Å². The third kappa shape index (κ3) is 3.99. The van der Waals surface area contributed by atoms with Crippen LogP contribution < -0.4 is 4.90 Å². The Balaban J connectivity index is 1.60. The summed E-state index contributed by atoms with van der Waals surface area (Å²) in [5.74, 6) is 1.31. The lowest BCUT2D eigenvalue weighted by Crippen LogP contribution is -2.36. The zero-order valence-corrected chi connectivity index (χ0v) is 17.9. The molecule has 1 aliphatic heterocycles. The summed E-state index contributed by atoms with van der Waals surface area (Å²) in [4.78, 5) is 6.94. The molecule has 6 heteroatoms. The van der Waals surface area contributed by atoms with E-state index in [-0.39, 0.29) is 0 Å². The summed E-state index contributed by atoms with van der Waals surface area (Å²) in [7, 11) is 0.